The molecule has 6 rings (SSSR count). The first-order valence-electron chi connectivity index (χ1n) is 20.0. The van der Waals surface area contributed by atoms with Crippen molar-refractivity contribution in [2.24, 2.45) is 0 Å². The van der Waals surface area contributed by atoms with Gasteiger partial charge in [0.05, 0.1) is 62.7 Å². The molecule has 4 heterocycles. The number of amides is 4. The lowest BCUT2D eigenvalue weighted by Gasteiger charge is -2.19. The van der Waals surface area contributed by atoms with Gasteiger partial charge in [-0.2, -0.15) is 10.5 Å². The van der Waals surface area contributed by atoms with Crippen LogP contribution >= 0.6 is 0 Å². The van der Waals surface area contributed by atoms with E-state index in [-0.39, 0.29) is 11.1 Å². The van der Waals surface area contributed by atoms with E-state index in [0.29, 0.717) is 60.1 Å². The Kier molecular flexibility index (Phi) is 14.9. The second-order valence-corrected chi connectivity index (χ2v) is 14.9. The van der Waals surface area contributed by atoms with Crippen LogP contribution in [-0.2, 0) is 9.59 Å². The maximum atomic E-state index is 13.8. The maximum Gasteiger partial charge on any atom is 0.268 e. The van der Waals surface area contributed by atoms with Gasteiger partial charge >= 0.3 is 0 Å². The van der Waals surface area contributed by atoms with E-state index in [1.165, 1.54) is 36.9 Å². The van der Waals surface area contributed by atoms with Gasteiger partial charge in [-0.05, 0) is 73.5 Å². The quantitative estimate of drug-likeness (QED) is 0.0931. The minimum absolute atomic E-state index is 0.230. The normalized spacial score (nSPS) is 17.3. The third-order valence-electron chi connectivity index (χ3n) is 10.3. The molecule has 0 radical (unpaired) electrons. The van der Waals surface area contributed by atoms with Crippen LogP contribution in [0.25, 0.3) is 22.3 Å². The average molecular weight is 870 g/mol. The molecule has 2 aromatic carbocycles. The number of pyridine rings is 2. The number of hydrogen-bond acceptors (Lipinski definition) is 11. The number of halogens is 4. The molecule has 2 saturated heterocycles. The molecule has 2 atom stereocenters. The van der Waals surface area contributed by atoms with Crippen molar-refractivity contribution in [3.05, 3.63) is 96.6 Å². The topological polar surface area (TPSA) is 203 Å². The van der Waals surface area contributed by atoms with E-state index in [9.17, 15) is 36.7 Å². The summed E-state index contributed by atoms with van der Waals surface area (Å²) >= 11 is 0. The van der Waals surface area contributed by atoms with Gasteiger partial charge in [-0.15, -0.1) is 0 Å². The van der Waals surface area contributed by atoms with E-state index in [4.69, 9.17) is 20.0 Å². The monoisotopic (exact) mass is 869 g/mol. The van der Waals surface area contributed by atoms with Crippen molar-refractivity contribution < 1.29 is 46.2 Å². The van der Waals surface area contributed by atoms with Crippen LogP contribution in [0.15, 0.2) is 85.5 Å². The Morgan fingerprint density at radius 3 is 1.43 bits per heavy atom. The molecule has 2 fully saturated rings. The molecule has 2 aliphatic heterocycles. The molecule has 0 aliphatic carbocycles. The maximum absolute atomic E-state index is 13.8. The van der Waals surface area contributed by atoms with E-state index in [1.54, 1.807) is 60.7 Å². The van der Waals surface area contributed by atoms with Gasteiger partial charge in [0.1, 0.15) is 23.6 Å². The fourth-order valence-electron chi connectivity index (χ4n) is 7.10. The lowest BCUT2D eigenvalue weighted by molar-refractivity contribution is -0.132. The van der Waals surface area contributed by atoms with E-state index >= 15 is 0 Å². The van der Waals surface area contributed by atoms with Crippen molar-refractivity contribution in [3.63, 3.8) is 0 Å². The molecule has 0 bridgehead atoms. The molecule has 0 saturated carbocycles. The summed E-state index contributed by atoms with van der Waals surface area (Å²) in [5.74, 6) is -7.81. The molecule has 4 aromatic rings. The summed E-state index contributed by atoms with van der Waals surface area (Å²) in [7, 11) is 0. The van der Waals surface area contributed by atoms with Crippen molar-refractivity contribution in [1.82, 2.24) is 35.7 Å². The zero-order chi connectivity index (χ0) is 45.0. The van der Waals surface area contributed by atoms with Gasteiger partial charge in [0.25, 0.3) is 23.7 Å². The van der Waals surface area contributed by atoms with Crippen LogP contribution in [-0.4, -0.2) is 120 Å². The number of nitriles is 2. The summed E-state index contributed by atoms with van der Waals surface area (Å²) in [5, 5.41) is 26.6. The summed E-state index contributed by atoms with van der Waals surface area (Å²) in [6, 6.07) is 18.0. The van der Waals surface area contributed by atoms with Crippen molar-refractivity contribution in [2.75, 3.05) is 52.5 Å². The van der Waals surface area contributed by atoms with Crippen LogP contribution < -0.4 is 25.4 Å². The first kappa shape index (κ1) is 45.4. The summed E-state index contributed by atoms with van der Waals surface area (Å²) in [5.41, 5.74) is 2.78. The van der Waals surface area contributed by atoms with Gasteiger partial charge in [0, 0.05) is 48.8 Å². The zero-order valence-corrected chi connectivity index (χ0v) is 33.9. The summed E-state index contributed by atoms with van der Waals surface area (Å²) < 4.78 is 66.8. The fourth-order valence-corrected chi connectivity index (χ4v) is 7.10. The third-order valence-corrected chi connectivity index (χ3v) is 10.3. The van der Waals surface area contributed by atoms with Crippen LogP contribution in [0.3, 0.4) is 0 Å². The second-order valence-electron chi connectivity index (χ2n) is 14.9. The molecule has 4 amide bonds. The lowest BCUT2D eigenvalue weighted by Crippen LogP contribution is -2.43. The Labute approximate surface area is 360 Å². The van der Waals surface area contributed by atoms with Gasteiger partial charge in [0.15, 0.2) is 0 Å². The number of aromatic nitrogens is 2. The van der Waals surface area contributed by atoms with Gasteiger partial charge in [-0.3, -0.25) is 29.1 Å². The molecule has 19 heteroatoms. The van der Waals surface area contributed by atoms with Crippen molar-refractivity contribution in [2.45, 2.75) is 49.6 Å². The number of benzene rings is 2. The first-order valence-corrected chi connectivity index (χ1v) is 20.0. The van der Waals surface area contributed by atoms with Gasteiger partial charge in [-0.25, -0.2) is 17.6 Å². The smallest absolute Gasteiger partial charge is 0.268 e. The Morgan fingerprint density at radius 2 is 1.05 bits per heavy atom. The largest absolute Gasteiger partial charge is 0.494 e. The lowest BCUT2D eigenvalue weighted by atomic mass is 10.0. The molecular formula is C44H43F4N9O6. The molecule has 0 unspecified atom stereocenters. The SMILES string of the molecule is N#C[C@@H]1CC(F)(F)CN1C(=O)CNC(=O)c1ccncc1-c1ccc(OCCCNCCCOc2ccc(-c3cnccc3C(=O)NCC(=O)N3CC(F)(F)C[C@H]3C#N)cc2)cc1. The molecule has 0 spiro atoms. The number of rotatable bonds is 18. The van der Waals surface area contributed by atoms with Crippen LogP contribution in [0.2, 0.25) is 0 Å². The standard InChI is InChI=1S/C44H43F4N9O6/c45-43(46)19-31(21-49)56(27-43)39(58)25-54-41(60)35-11-15-52-23-37(35)29-3-7-33(8-4-29)62-17-1-13-51-14-2-18-63-34-9-5-30(6-10-34)38-24-53-16-12-36(38)42(61)55-26-40(59)57-28-44(47,48)20-32(57)22-50/h3-12,15-16,23-24,31-32,51H,1-2,13-14,17-20,25-28H2,(H,54,60)(H,55,61)/t31-,32-/m0/s1. The number of alkyl halides is 4. The summed E-state index contributed by atoms with van der Waals surface area (Å²) in [6.45, 7) is -0.535. The molecule has 2 aromatic heterocycles. The fraction of sp³-hybridized carbons (Fsp3) is 0.364. The second kappa shape index (κ2) is 20.6. The Bertz CT molecular complexity index is 2190. The van der Waals surface area contributed by atoms with E-state index in [0.717, 1.165) is 22.6 Å². The van der Waals surface area contributed by atoms with Crippen LogP contribution in [0.5, 0.6) is 11.5 Å². The Balaban J connectivity index is 0.867. The molecule has 3 N–H and O–H groups in total. The zero-order valence-electron chi connectivity index (χ0n) is 33.9. The van der Waals surface area contributed by atoms with Crippen molar-refractivity contribution in [1.29, 1.82) is 10.5 Å². The third kappa shape index (κ3) is 12.0. The summed E-state index contributed by atoms with van der Waals surface area (Å²) in [6.07, 6.45) is 5.84. The number of carbonyl (C=O) groups is 4. The number of ether oxygens (including phenoxy) is 2. The predicted molar refractivity (Wildman–Crippen MR) is 218 cm³/mol. The van der Waals surface area contributed by atoms with Crippen LogP contribution in [0.1, 0.15) is 46.4 Å². The molecule has 63 heavy (non-hydrogen) atoms. The highest BCUT2D eigenvalue weighted by Gasteiger charge is 2.48. The average Bonchev–Trinajstić information content (AvgIpc) is 3.80. The minimum Gasteiger partial charge on any atom is -0.494 e. The molecule has 328 valence electrons. The number of hydrogen-bond donors (Lipinski definition) is 3. The van der Waals surface area contributed by atoms with E-state index in [2.05, 4.69) is 25.9 Å². The molecule has 15 nitrogen and oxygen atoms in total. The summed E-state index contributed by atoms with van der Waals surface area (Å²) in [4.78, 5) is 61.0. The van der Waals surface area contributed by atoms with Crippen molar-refractivity contribution in [3.8, 4) is 45.9 Å². The first-order chi connectivity index (χ1) is 30.3. The van der Waals surface area contributed by atoms with E-state index in [1.807, 2.05) is 0 Å². The highest BCUT2D eigenvalue weighted by atomic mass is 19.3. The van der Waals surface area contributed by atoms with Gasteiger partial charge in [-0.1, -0.05) is 24.3 Å². The number of nitrogens with zero attached hydrogens (tertiary/aromatic N) is 6. The number of nitrogens with one attached hydrogen (secondary N) is 3. The highest BCUT2D eigenvalue weighted by molar-refractivity contribution is 6.03. The van der Waals surface area contributed by atoms with Gasteiger partial charge < -0.3 is 35.2 Å². The molecular weight excluding hydrogens is 827 g/mol. The predicted octanol–water partition coefficient (Wildman–Crippen LogP) is 4.62. The Hall–Kier alpha value is -7.12. The van der Waals surface area contributed by atoms with Gasteiger partial charge in [0.2, 0.25) is 11.8 Å². The van der Waals surface area contributed by atoms with Crippen LogP contribution in [0, 0.1) is 22.7 Å². The van der Waals surface area contributed by atoms with Crippen LogP contribution in [0.4, 0.5) is 17.6 Å². The Morgan fingerprint density at radius 1 is 0.651 bits per heavy atom. The number of likely N-dealkylation sites (tertiary alicyclic amines) is 2. The molecule has 2 aliphatic rings. The highest BCUT2D eigenvalue weighted by Crippen LogP contribution is 2.33. The van der Waals surface area contributed by atoms with Crippen molar-refractivity contribution >= 4 is 23.6 Å². The minimum atomic E-state index is -3.16. The number of carbonyl (C=O) groups excluding carboxylic acids is 4. The van der Waals surface area contributed by atoms with E-state index < -0.39 is 86.6 Å².